The highest BCUT2D eigenvalue weighted by atomic mass is 19.4. The van der Waals surface area contributed by atoms with E-state index in [0.717, 1.165) is 44.9 Å². The van der Waals surface area contributed by atoms with Gasteiger partial charge in [0.2, 0.25) is 0 Å². The summed E-state index contributed by atoms with van der Waals surface area (Å²) in [4.78, 5) is 0. The largest absolute Gasteiger partial charge is 0.417 e. The Morgan fingerprint density at radius 1 is 0.853 bits per heavy atom. The fourth-order valence-corrected chi connectivity index (χ4v) is 9.66. The molecule has 11 atom stereocenters. The highest BCUT2D eigenvalue weighted by Crippen LogP contribution is 2.68. The summed E-state index contributed by atoms with van der Waals surface area (Å²) in [5.74, 6) is 1.33. The van der Waals surface area contributed by atoms with Crippen molar-refractivity contribution >= 4 is 0 Å². The van der Waals surface area contributed by atoms with E-state index in [-0.39, 0.29) is 41.3 Å². The van der Waals surface area contributed by atoms with Crippen LogP contribution in [0, 0.1) is 52.3 Å². The summed E-state index contributed by atoms with van der Waals surface area (Å²) in [5.41, 5.74) is -2.46. The summed E-state index contributed by atoms with van der Waals surface area (Å²) < 4.78 is 41.0. The Labute approximate surface area is 203 Å². The maximum Gasteiger partial charge on any atom is 0.417 e. The van der Waals surface area contributed by atoms with E-state index < -0.39 is 17.7 Å². The number of fused-ring (bicyclic) bond motifs is 5. The third-order valence-corrected chi connectivity index (χ3v) is 11.8. The lowest BCUT2D eigenvalue weighted by Crippen LogP contribution is -2.58. The van der Waals surface area contributed by atoms with E-state index in [1.54, 1.807) is 0 Å². The Bertz CT molecular complexity index is 741. The molecule has 4 fully saturated rings. The van der Waals surface area contributed by atoms with Crippen LogP contribution < -0.4 is 0 Å². The fraction of sp³-hybridized carbons (Fsp3) is 1.00. The average molecular weight is 489 g/mol. The van der Waals surface area contributed by atoms with Gasteiger partial charge in [0.15, 0.2) is 5.60 Å². The first kappa shape index (κ1) is 26.7. The number of hydrogen-bond donors (Lipinski definition) is 3. The second-order valence-electron chi connectivity index (χ2n) is 13.5. The van der Waals surface area contributed by atoms with Crippen molar-refractivity contribution in [3.8, 4) is 0 Å². The SMILES string of the molecule is CC(C)C(O)(CC[C@@H](C)[C@H]1CC[C@H]2[C@@H]3C[C@H](O)[C@@H]4C[C@H](O)CC[C@]4(C)[C@H]3CC[C@]12C)C(F)(F)F. The number of aliphatic hydroxyl groups excluding tert-OH is 2. The van der Waals surface area contributed by atoms with Gasteiger partial charge < -0.3 is 15.3 Å². The van der Waals surface area contributed by atoms with E-state index in [1.165, 1.54) is 13.8 Å². The lowest BCUT2D eigenvalue weighted by Gasteiger charge is -2.62. The fourth-order valence-electron chi connectivity index (χ4n) is 9.66. The molecular weight excluding hydrogens is 441 g/mol. The van der Waals surface area contributed by atoms with Gasteiger partial charge in [-0.05, 0) is 116 Å². The van der Waals surface area contributed by atoms with Crippen LogP contribution in [0.15, 0.2) is 0 Å². The molecule has 1 unspecified atom stereocenters. The minimum atomic E-state index is -4.61. The standard InChI is InChI=1S/C28H47F3O3/c1-16(2)27(34,28(29,30)31)13-8-17(3)20-6-7-21-19-15-24(33)23-14-18(32)9-11-26(23,5)22(19)10-12-25(20,21)4/h16-24,32-34H,6-15H2,1-5H3/t17-,18-,19+,20-,21+,22+,23+,24+,25-,26-,27?/m1/s1. The molecule has 6 heteroatoms. The molecule has 0 spiro atoms. The number of alkyl halides is 3. The average Bonchev–Trinajstić information content (AvgIpc) is 3.09. The van der Waals surface area contributed by atoms with Crippen molar-refractivity contribution in [2.75, 3.05) is 0 Å². The van der Waals surface area contributed by atoms with Crippen LogP contribution in [0.25, 0.3) is 0 Å². The molecule has 0 aromatic rings. The maximum absolute atomic E-state index is 13.7. The van der Waals surface area contributed by atoms with Crippen molar-refractivity contribution in [3.63, 3.8) is 0 Å². The molecule has 0 saturated heterocycles. The second kappa shape index (κ2) is 8.90. The zero-order valence-electron chi connectivity index (χ0n) is 21.7. The molecule has 3 nitrogen and oxygen atoms in total. The van der Waals surface area contributed by atoms with E-state index in [0.29, 0.717) is 36.5 Å². The Morgan fingerprint density at radius 2 is 1.47 bits per heavy atom. The molecule has 0 bridgehead atoms. The van der Waals surface area contributed by atoms with E-state index in [4.69, 9.17) is 0 Å². The number of halogens is 3. The highest BCUT2D eigenvalue weighted by Gasteiger charge is 2.62. The van der Waals surface area contributed by atoms with Crippen molar-refractivity contribution < 1.29 is 28.5 Å². The predicted molar refractivity (Wildman–Crippen MR) is 127 cm³/mol. The van der Waals surface area contributed by atoms with Crippen LogP contribution in [0.5, 0.6) is 0 Å². The quantitative estimate of drug-likeness (QED) is 0.423. The first-order chi connectivity index (χ1) is 15.6. The number of aliphatic hydroxyl groups is 3. The molecule has 0 radical (unpaired) electrons. The predicted octanol–water partition coefficient (Wildman–Crippen LogP) is 6.34. The van der Waals surface area contributed by atoms with Crippen LogP contribution in [0.2, 0.25) is 0 Å². The van der Waals surface area contributed by atoms with Gasteiger partial charge in [-0.2, -0.15) is 13.2 Å². The molecule has 0 aromatic heterocycles. The first-order valence-electron chi connectivity index (χ1n) is 13.8. The second-order valence-corrected chi connectivity index (χ2v) is 13.5. The van der Waals surface area contributed by atoms with Crippen LogP contribution in [-0.4, -0.2) is 39.3 Å². The molecule has 4 aliphatic rings. The monoisotopic (exact) mass is 488 g/mol. The molecule has 34 heavy (non-hydrogen) atoms. The third kappa shape index (κ3) is 4.06. The third-order valence-electron chi connectivity index (χ3n) is 11.8. The van der Waals surface area contributed by atoms with Crippen molar-refractivity contribution in [3.05, 3.63) is 0 Å². The summed E-state index contributed by atoms with van der Waals surface area (Å²) in [6, 6.07) is 0. The van der Waals surface area contributed by atoms with Crippen LogP contribution in [-0.2, 0) is 0 Å². The maximum atomic E-state index is 13.7. The van der Waals surface area contributed by atoms with Crippen molar-refractivity contribution in [1.29, 1.82) is 0 Å². The number of rotatable bonds is 5. The van der Waals surface area contributed by atoms with Crippen LogP contribution in [0.1, 0.15) is 98.8 Å². The van der Waals surface area contributed by atoms with Gasteiger partial charge in [0.05, 0.1) is 12.2 Å². The van der Waals surface area contributed by atoms with Gasteiger partial charge in [0.25, 0.3) is 0 Å². The van der Waals surface area contributed by atoms with Gasteiger partial charge in [-0.15, -0.1) is 0 Å². The van der Waals surface area contributed by atoms with Gasteiger partial charge in [-0.25, -0.2) is 0 Å². The van der Waals surface area contributed by atoms with Gasteiger partial charge in [-0.1, -0.05) is 34.6 Å². The normalized spacial score (nSPS) is 47.5. The van der Waals surface area contributed by atoms with Crippen molar-refractivity contribution in [2.24, 2.45) is 52.3 Å². The molecular formula is C28H47F3O3. The molecule has 0 amide bonds. The molecule has 3 N–H and O–H groups in total. The Kier molecular flexibility index (Phi) is 7.00. The molecule has 0 heterocycles. The summed E-state index contributed by atoms with van der Waals surface area (Å²) in [7, 11) is 0. The Morgan fingerprint density at radius 3 is 2.09 bits per heavy atom. The van der Waals surface area contributed by atoms with Gasteiger partial charge in [0.1, 0.15) is 0 Å². The van der Waals surface area contributed by atoms with Gasteiger partial charge in [0, 0.05) is 0 Å². The zero-order valence-corrected chi connectivity index (χ0v) is 21.7. The van der Waals surface area contributed by atoms with E-state index in [2.05, 4.69) is 20.8 Å². The van der Waals surface area contributed by atoms with E-state index >= 15 is 0 Å². The minimum Gasteiger partial charge on any atom is -0.393 e. The van der Waals surface area contributed by atoms with Crippen molar-refractivity contribution in [2.45, 2.75) is 123 Å². The summed E-state index contributed by atoms with van der Waals surface area (Å²) >= 11 is 0. The zero-order chi connectivity index (χ0) is 25.3. The van der Waals surface area contributed by atoms with Crippen LogP contribution >= 0.6 is 0 Å². The van der Waals surface area contributed by atoms with E-state index in [9.17, 15) is 28.5 Å². The highest BCUT2D eigenvalue weighted by molar-refractivity contribution is 5.11. The van der Waals surface area contributed by atoms with Crippen LogP contribution in [0.4, 0.5) is 13.2 Å². The number of hydrogen-bond acceptors (Lipinski definition) is 3. The van der Waals surface area contributed by atoms with Gasteiger partial charge in [-0.3, -0.25) is 0 Å². The lowest BCUT2D eigenvalue weighted by molar-refractivity contribution is -0.279. The van der Waals surface area contributed by atoms with E-state index in [1.807, 2.05) is 0 Å². The molecule has 198 valence electrons. The molecule has 4 aliphatic carbocycles. The summed E-state index contributed by atoms with van der Waals surface area (Å²) in [5, 5.41) is 31.9. The Hall–Kier alpha value is -0.330. The molecule has 0 aliphatic heterocycles. The lowest BCUT2D eigenvalue weighted by atomic mass is 9.43. The topological polar surface area (TPSA) is 60.7 Å². The van der Waals surface area contributed by atoms with Crippen LogP contribution in [0.3, 0.4) is 0 Å². The smallest absolute Gasteiger partial charge is 0.393 e. The van der Waals surface area contributed by atoms with Crippen molar-refractivity contribution in [1.82, 2.24) is 0 Å². The minimum absolute atomic E-state index is 0.0764. The summed E-state index contributed by atoms with van der Waals surface area (Å²) in [6.07, 6.45) is 2.53. The molecule has 4 rings (SSSR count). The summed E-state index contributed by atoms with van der Waals surface area (Å²) in [6.45, 7) is 9.73. The van der Waals surface area contributed by atoms with Gasteiger partial charge >= 0.3 is 6.18 Å². The molecule has 4 saturated carbocycles. The molecule has 0 aromatic carbocycles. The first-order valence-corrected chi connectivity index (χ1v) is 13.8. The Balaban J connectivity index is 1.49.